The lowest BCUT2D eigenvalue weighted by molar-refractivity contribution is 1.12. The van der Waals surface area contributed by atoms with Gasteiger partial charge in [0.2, 0.25) is 0 Å². The van der Waals surface area contributed by atoms with Crippen molar-refractivity contribution in [3.8, 4) is 33.4 Å². The first kappa shape index (κ1) is 29.6. The molecular weight excluding hydrogens is 607 g/mol. The highest BCUT2D eigenvalue weighted by molar-refractivity contribution is 6.33. The van der Waals surface area contributed by atoms with E-state index in [4.69, 9.17) is 4.98 Å². The molecule has 1 aromatic heterocycles. The van der Waals surface area contributed by atoms with Gasteiger partial charge in [-0.05, 0) is 109 Å². The number of fused-ring (bicyclic) bond motifs is 6. The molecule has 8 aromatic carbocycles. The molecule has 0 fully saturated rings. The monoisotopic (exact) mass is 639 g/mol. The highest BCUT2D eigenvalue weighted by Crippen LogP contribution is 2.49. The van der Waals surface area contributed by atoms with Gasteiger partial charge in [-0.3, -0.25) is 9.88 Å². The Morgan fingerprint density at radius 1 is 0.440 bits per heavy atom. The van der Waals surface area contributed by atoms with E-state index >= 15 is 0 Å². The van der Waals surface area contributed by atoms with Crippen molar-refractivity contribution in [3.63, 3.8) is 0 Å². The number of hydrogen-bond donors (Lipinski definition) is 0. The second-order valence-electron chi connectivity index (χ2n) is 12.7. The largest absolute Gasteiger partial charge is 0.294 e. The van der Waals surface area contributed by atoms with Gasteiger partial charge in [-0.2, -0.15) is 0 Å². The van der Waals surface area contributed by atoms with Gasteiger partial charge in [0.15, 0.2) is 5.82 Å². The van der Waals surface area contributed by atoms with Crippen molar-refractivity contribution in [2.24, 2.45) is 0 Å². The second kappa shape index (κ2) is 12.5. The molecule has 0 amide bonds. The first-order chi connectivity index (χ1) is 24.7. The Morgan fingerprint density at radius 2 is 1.06 bits per heavy atom. The van der Waals surface area contributed by atoms with Crippen molar-refractivity contribution in [2.75, 3.05) is 4.90 Å². The van der Waals surface area contributed by atoms with Gasteiger partial charge in [-0.15, -0.1) is 0 Å². The smallest absolute Gasteiger partial charge is 0.156 e. The van der Waals surface area contributed by atoms with Crippen molar-refractivity contribution < 1.29 is 0 Å². The maximum Gasteiger partial charge on any atom is 0.156 e. The number of aryl methyl sites for hydroxylation is 1. The zero-order chi connectivity index (χ0) is 33.4. The molecule has 0 bridgehead atoms. The summed E-state index contributed by atoms with van der Waals surface area (Å²) in [5.74, 6) is 0.769. The van der Waals surface area contributed by atoms with Gasteiger partial charge < -0.3 is 0 Å². The van der Waals surface area contributed by atoms with E-state index in [1.165, 1.54) is 71.3 Å². The highest BCUT2D eigenvalue weighted by atomic mass is 15.2. The SMILES string of the molecule is Cc1cccc(N(c2ccc3c(c2)c2ccccc2c2c(-c4ccccc4)cc(-c4ccccc4)c(-c4ccccc4)c32)c2cnccn2)c1. The lowest BCUT2D eigenvalue weighted by atomic mass is 9.81. The van der Waals surface area contributed by atoms with E-state index in [0.717, 1.165) is 17.2 Å². The summed E-state index contributed by atoms with van der Waals surface area (Å²) in [4.78, 5) is 11.4. The molecule has 9 rings (SSSR count). The van der Waals surface area contributed by atoms with E-state index in [0.29, 0.717) is 0 Å². The Hall–Kier alpha value is -6.58. The van der Waals surface area contributed by atoms with Crippen LogP contribution in [-0.2, 0) is 0 Å². The summed E-state index contributed by atoms with van der Waals surface area (Å²) in [5.41, 5.74) is 10.5. The fourth-order valence-corrected chi connectivity index (χ4v) is 7.46. The maximum absolute atomic E-state index is 4.76. The Bertz CT molecular complexity index is 2640. The molecule has 3 nitrogen and oxygen atoms in total. The Balaban J connectivity index is 1.46. The van der Waals surface area contributed by atoms with Crippen molar-refractivity contribution in [1.29, 1.82) is 0 Å². The number of rotatable bonds is 6. The van der Waals surface area contributed by atoms with Crippen LogP contribution >= 0.6 is 0 Å². The summed E-state index contributed by atoms with van der Waals surface area (Å²) in [6.07, 6.45) is 5.30. The minimum atomic E-state index is 0.769. The number of aromatic nitrogens is 2. The van der Waals surface area contributed by atoms with Crippen molar-refractivity contribution in [1.82, 2.24) is 9.97 Å². The summed E-state index contributed by atoms with van der Waals surface area (Å²) in [6.45, 7) is 2.12. The van der Waals surface area contributed by atoms with Crippen LogP contribution in [-0.4, -0.2) is 9.97 Å². The molecule has 1 heterocycles. The fraction of sp³-hybridized carbons (Fsp3) is 0.0213. The van der Waals surface area contributed by atoms with E-state index in [2.05, 4.69) is 181 Å². The van der Waals surface area contributed by atoms with Crippen LogP contribution in [0.2, 0.25) is 0 Å². The minimum Gasteiger partial charge on any atom is -0.294 e. The van der Waals surface area contributed by atoms with Crippen LogP contribution in [0.4, 0.5) is 17.2 Å². The summed E-state index contributed by atoms with van der Waals surface area (Å²) in [6, 6.07) is 59.2. The van der Waals surface area contributed by atoms with Crippen LogP contribution in [0.5, 0.6) is 0 Å². The number of benzene rings is 8. The van der Waals surface area contributed by atoms with E-state index in [9.17, 15) is 0 Å². The average molecular weight is 640 g/mol. The highest BCUT2D eigenvalue weighted by Gasteiger charge is 2.23. The van der Waals surface area contributed by atoms with Crippen LogP contribution < -0.4 is 4.90 Å². The predicted octanol–water partition coefficient (Wildman–Crippen LogP) is 12.7. The lowest BCUT2D eigenvalue weighted by Crippen LogP contribution is -2.12. The molecule has 0 radical (unpaired) electrons. The van der Waals surface area contributed by atoms with E-state index in [1.807, 2.05) is 6.20 Å². The van der Waals surface area contributed by atoms with E-state index in [1.54, 1.807) is 12.4 Å². The maximum atomic E-state index is 4.76. The molecule has 9 aromatic rings. The summed E-state index contributed by atoms with van der Waals surface area (Å²) in [7, 11) is 0. The third-order valence-corrected chi connectivity index (χ3v) is 9.62. The Labute approximate surface area is 291 Å². The van der Waals surface area contributed by atoms with E-state index < -0.39 is 0 Å². The summed E-state index contributed by atoms with van der Waals surface area (Å²) >= 11 is 0. The normalized spacial score (nSPS) is 11.3. The summed E-state index contributed by atoms with van der Waals surface area (Å²) in [5, 5.41) is 7.34. The number of nitrogens with zero attached hydrogens (tertiary/aromatic N) is 3. The molecule has 0 aliphatic heterocycles. The van der Waals surface area contributed by atoms with Gasteiger partial charge in [0, 0.05) is 23.8 Å². The quantitative estimate of drug-likeness (QED) is 0.170. The van der Waals surface area contributed by atoms with Crippen LogP contribution in [0, 0.1) is 6.92 Å². The molecule has 0 atom stereocenters. The number of hydrogen-bond acceptors (Lipinski definition) is 3. The molecule has 0 saturated heterocycles. The first-order valence-electron chi connectivity index (χ1n) is 17.0. The molecule has 0 aliphatic carbocycles. The minimum absolute atomic E-state index is 0.769. The average Bonchev–Trinajstić information content (AvgIpc) is 3.19. The fourth-order valence-electron chi connectivity index (χ4n) is 7.46. The van der Waals surface area contributed by atoms with Crippen LogP contribution in [0.15, 0.2) is 182 Å². The molecule has 0 N–H and O–H groups in total. The van der Waals surface area contributed by atoms with Crippen LogP contribution in [0.25, 0.3) is 65.7 Å². The van der Waals surface area contributed by atoms with E-state index in [-0.39, 0.29) is 0 Å². The Kier molecular flexibility index (Phi) is 7.37. The molecule has 0 saturated carbocycles. The van der Waals surface area contributed by atoms with Crippen molar-refractivity contribution in [3.05, 3.63) is 188 Å². The third kappa shape index (κ3) is 5.08. The second-order valence-corrected chi connectivity index (χ2v) is 12.7. The van der Waals surface area contributed by atoms with Gasteiger partial charge in [0.25, 0.3) is 0 Å². The summed E-state index contributed by atoms with van der Waals surface area (Å²) < 4.78 is 0. The molecule has 50 heavy (non-hydrogen) atoms. The topological polar surface area (TPSA) is 29.0 Å². The predicted molar refractivity (Wildman–Crippen MR) is 210 cm³/mol. The molecule has 236 valence electrons. The number of anilines is 3. The zero-order valence-corrected chi connectivity index (χ0v) is 27.7. The first-order valence-corrected chi connectivity index (χ1v) is 17.0. The third-order valence-electron chi connectivity index (χ3n) is 9.62. The lowest BCUT2D eigenvalue weighted by Gasteiger charge is -2.26. The molecule has 0 aliphatic rings. The Morgan fingerprint density at radius 3 is 1.74 bits per heavy atom. The molecule has 0 spiro atoms. The van der Waals surface area contributed by atoms with Crippen LogP contribution in [0.3, 0.4) is 0 Å². The molecule has 3 heteroatoms. The molecule has 0 unspecified atom stereocenters. The van der Waals surface area contributed by atoms with Gasteiger partial charge in [-0.25, -0.2) is 4.98 Å². The zero-order valence-electron chi connectivity index (χ0n) is 27.7. The van der Waals surface area contributed by atoms with Crippen LogP contribution in [0.1, 0.15) is 5.56 Å². The van der Waals surface area contributed by atoms with Gasteiger partial charge in [0.1, 0.15) is 0 Å². The molecular formula is C47H33N3. The van der Waals surface area contributed by atoms with Gasteiger partial charge in [0.05, 0.1) is 6.20 Å². The standard InChI is InChI=1S/C47H33N3/c1-32-14-13-21-36(28-32)50(44-31-48-26-27-49-44)37-24-25-40-43(29-37)38-22-11-12-23-39(38)46-42(34-17-7-3-8-18-34)30-41(33-15-5-2-6-16-33)45(47(40)46)35-19-9-4-10-20-35/h2-31H,1H3. The van der Waals surface area contributed by atoms with Gasteiger partial charge in [-0.1, -0.05) is 133 Å². The van der Waals surface area contributed by atoms with Crippen molar-refractivity contribution in [2.45, 2.75) is 6.92 Å². The van der Waals surface area contributed by atoms with Crippen molar-refractivity contribution >= 4 is 49.5 Å². The van der Waals surface area contributed by atoms with Gasteiger partial charge >= 0.3 is 0 Å².